The molecule has 0 radical (unpaired) electrons. The van der Waals surface area contributed by atoms with Crippen LogP contribution in [-0.2, 0) is 11.2 Å². The summed E-state index contributed by atoms with van der Waals surface area (Å²) in [5.74, 6) is 1.28. The Labute approximate surface area is 91.3 Å². The molecule has 2 heteroatoms. The molecule has 1 atom stereocenters. The number of ketones is 1. The summed E-state index contributed by atoms with van der Waals surface area (Å²) in [6.45, 7) is 3.72. The van der Waals surface area contributed by atoms with Gasteiger partial charge in [0.15, 0.2) is 0 Å². The summed E-state index contributed by atoms with van der Waals surface area (Å²) in [4.78, 5) is 11.3. The molecule has 0 unspecified atom stereocenters. The van der Waals surface area contributed by atoms with Crippen molar-refractivity contribution >= 4 is 5.78 Å². The van der Waals surface area contributed by atoms with Gasteiger partial charge in [-0.1, -0.05) is 19.1 Å². The van der Waals surface area contributed by atoms with E-state index in [2.05, 4.69) is 6.92 Å². The second-order valence-electron chi connectivity index (χ2n) is 3.77. The first-order valence-corrected chi connectivity index (χ1v) is 5.30. The number of carbonyl (C=O) groups excluding carboxylic acids is 1. The van der Waals surface area contributed by atoms with Gasteiger partial charge in [0.1, 0.15) is 11.5 Å². The molecule has 0 fully saturated rings. The molecule has 1 aromatic rings. The normalized spacial score (nSPS) is 12.2. The van der Waals surface area contributed by atoms with E-state index in [1.807, 2.05) is 24.3 Å². The van der Waals surface area contributed by atoms with Gasteiger partial charge in [-0.25, -0.2) is 0 Å². The van der Waals surface area contributed by atoms with E-state index < -0.39 is 0 Å². The van der Waals surface area contributed by atoms with Crippen molar-refractivity contribution in [2.24, 2.45) is 5.92 Å². The number of hydrogen-bond donors (Lipinski definition) is 0. The summed E-state index contributed by atoms with van der Waals surface area (Å²) in [5.41, 5.74) is 1.19. The highest BCUT2D eigenvalue weighted by Gasteiger charge is 2.12. The molecular formula is C13H18O2. The fourth-order valence-electron chi connectivity index (χ4n) is 1.62. The number of carbonyl (C=O) groups is 1. The minimum Gasteiger partial charge on any atom is -0.497 e. The number of Topliss-reactive ketones (excluding diaryl/α,β-unsaturated/α-hetero) is 1. The van der Waals surface area contributed by atoms with Crippen molar-refractivity contribution in [3.05, 3.63) is 29.8 Å². The van der Waals surface area contributed by atoms with E-state index in [1.54, 1.807) is 14.0 Å². The zero-order chi connectivity index (χ0) is 11.3. The Balaban J connectivity index is 2.67. The van der Waals surface area contributed by atoms with Crippen molar-refractivity contribution in [2.75, 3.05) is 7.11 Å². The SMILES string of the molecule is CC[C@@H](Cc1ccc(OC)cc1)C(C)=O. The summed E-state index contributed by atoms with van der Waals surface area (Å²) in [7, 11) is 1.65. The minimum absolute atomic E-state index is 0.151. The zero-order valence-electron chi connectivity index (χ0n) is 9.62. The Kier molecular flexibility index (Phi) is 4.35. The van der Waals surface area contributed by atoms with Crippen LogP contribution in [0.15, 0.2) is 24.3 Å². The lowest BCUT2D eigenvalue weighted by atomic mass is 9.94. The third-order valence-electron chi connectivity index (χ3n) is 2.71. The van der Waals surface area contributed by atoms with E-state index in [0.29, 0.717) is 0 Å². The second-order valence-corrected chi connectivity index (χ2v) is 3.77. The third-order valence-corrected chi connectivity index (χ3v) is 2.71. The summed E-state index contributed by atoms with van der Waals surface area (Å²) in [5, 5.41) is 0. The maximum absolute atomic E-state index is 11.3. The van der Waals surface area contributed by atoms with Crippen LogP contribution in [0.3, 0.4) is 0 Å². The smallest absolute Gasteiger partial charge is 0.133 e. The first-order chi connectivity index (χ1) is 7.17. The average Bonchev–Trinajstić information content (AvgIpc) is 2.26. The highest BCUT2D eigenvalue weighted by atomic mass is 16.5. The van der Waals surface area contributed by atoms with Crippen LogP contribution in [-0.4, -0.2) is 12.9 Å². The fraction of sp³-hybridized carbons (Fsp3) is 0.462. The van der Waals surface area contributed by atoms with Crippen LogP contribution in [0.25, 0.3) is 0 Å². The summed E-state index contributed by atoms with van der Waals surface area (Å²) < 4.78 is 5.08. The molecule has 0 saturated heterocycles. The summed E-state index contributed by atoms with van der Waals surface area (Å²) in [6.07, 6.45) is 1.73. The molecule has 15 heavy (non-hydrogen) atoms. The number of rotatable bonds is 5. The van der Waals surface area contributed by atoms with Crippen LogP contribution in [0.4, 0.5) is 0 Å². The number of ether oxygens (including phenoxy) is 1. The molecule has 0 aromatic heterocycles. The van der Waals surface area contributed by atoms with E-state index in [1.165, 1.54) is 5.56 Å². The van der Waals surface area contributed by atoms with Crippen molar-refractivity contribution in [1.82, 2.24) is 0 Å². The summed E-state index contributed by atoms with van der Waals surface area (Å²) >= 11 is 0. The first kappa shape index (κ1) is 11.8. The predicted octanol–water partition coefficient (Wildman–Crippen LogP) is 2.85. The zero-order valence-corrected chi connectivity index (χ0v) is 9.62. The van der Waals surface area contributed by atoms with E-state index in [0.717, 1.165) is 18.6 Å². The monoisotopic (exact) mass is 206 g/mol. The van der Waals surface area contributed by atoms with E-state index >= 15 is 0 Å². The lowest BCUT2D eigenvalue weighted by Gasteiger charge is -2.11. The number of methoxy groups -OCH3 is 1. The third kappa shape index (κ3) is 3.39. The average molecular weight is 206 g/mol. The molecule has 0 heterocycles. The van der Waals surface area contributed by atoms with E-state index in [9.17, 15) is 4.79 Å². The first-order valence-electron chi connectivity index (χ1n) is 5.30. The minimum atomic E-state index is 0.151. The van der Waals surface area contributed by atoms with E-state index in [4.69, 9.17) is 4.74 Å². The van der Waals surface area contributed by atoms with Crippen LogP contribution in [0, 0.1) is 5.92 Å². The molecule has 0 aliphatic heterocycles. The molecule has 0 aliphatic carbocycles. The second kappa shape index (κ2) is 5.54. The molecule has 2 nitrogen and oxygen atoms in total. The molecule has 0 N–H and O–H groups in total. The van der Waals surface area contributed by atoms with Gasteiger partial charge in [0.2, 0.25) is 0 Å². The van der Waals surface area contributed by atoms with Crippen molar-refractivity contribution < 1.29 is 9.53 Å². The molecule has 0 aliphatic rings. The van der Waals surface area contributed by atoms with Crippen molar-refractivity contribution in [3.8, 4) is 5.75 Å². The highest BCUT2D eigenvalue weighted by Crippen LogP contribution is 2.16. The fourth-order valence-corrected chi connectivity index (χ4v) is 1.62. The molecule has 0 saturated carbocycles. The molecule has 1 aromatic carbocycles. The lowest BCUT2D eigenvalue weighted by molar-refractivity contribution is -0.120. The van der Waals surface area contributed by atoms with Crippen LogP contribution in [0.1, 0.15) is 25.8 Å². The van der Waals surface area contributed by atoms with Crippen LogP contribution >= 0.6 is 0 Å². The Morgan fingerprint density at radius 3 is 2.33 bits per heavy atom. The van der Waals surface area contributed by atoms with Gasteiger partial charge in [-0.2, -0.15) is 0 Å². The lowest BCUT2D eigenvalue weighted by Crippen LogP contribution is -2.12. The van der Waals surface area contributed by atoms with Gasteiger partial charge in [0.25, 0.3) is 0 Å². The van der Waals surface area contributed by atoms with Crippen molar-refractivity contribution in [1.29, 1.82) is 0 Å². The van der Waals surface area contributed by atoms with Gasteiger partial charge in [0, 0.05) is 5.92 Å². The quantitative estimate of drug-likeness (QED) is 0.740. The van der Waals surface area contributed by atoms with Crippen LogP contribution in [0.2, 0.25) is 0 Å². The molecule has 1 rings (SSSR count). The molecule has 82 valence electrons. The standard InChI is InChI=1S/C13H18O2/c1-4-12(10(2)14)9-11-5-7-13(15-3)8-6-11/h5-8,12H,4,9H2,1-3H3/t12-/m0/s1. The van der Waals surface area contributed by atoms with Crippen LogP contribution < -0.4 is 4.74 Å². The van der Waals surface area contributed by atoms with E-state index in [-0.39, 0.29) is 11.7 Å². The number of hydrogen-bond acceptors (Lipinski definition) is 2. The van der Waals surface area contributed by atoms with Crippen LogP contribution in [0.5, 0.6) is 5.75 Å². The van der Waals surface area contributed by atoms with Crippen molar-refractivity contribution in [3.63, 3.8) is 0 Å². The predicted molar refractivity (Wildman–Crippen MR) is 61.2 cm³/mol. The topological polar surface area (TPSA) is 26.3 Å². The van der Waals surface area contributed by atoms with Gasteiger partial charge in [-0.05, 0) is 37.5 Å². The maximum Gasteiger partial charge on any atom is 0.133 e. The Morgan fingerprint density at radius 2 is 1.93 bits per heavy atom. The maximum atomic E-state index is 11.3. The Hall–Kier alpha value is -1.31. The molecule has 0 amide bonds. The van der Waals surface area contributed by atoms with Gasteiger partial charge in [-0.15, -0.1) is 0 Å². The van der Waals surface area contributed by atoms with Gasteiger partial charge < -0.3 is 4.74 Å². The van der Waals surface area contributed by atoms with Gasteiger partial charge in [-0.3, -0.25) is 4.79 Å². The van der Waals surface area contributed by atoms with Crippen molar-refractivity contribution in [2.45, 2.75) is 26.7 Å². The largest absolute Gasteiger partial charge is 0.497 e. The highest BCUT2D eigenvalue weighted by molar-refractivity contribution is 5.78. The number of benzene rings is 1. The molecule has 0 spiro atoms. The Morgan fingerprint density at radius 1 is 1.33 bits per heavy atom. The molecular weight excluding hydrogens is 188 g/mol. The van der Waals surface area contributed by atoms with Gasteiger partial charge >= 0.3 is 0 Å². The molecule has 0 bridgehead atoms. The summed E-state index contributed by atoms with van der Waals surface area (Å²) in [6, 6.07) is 7.90. The Bertz CT molecular complexity index is 314. The van der Waals surface area contributed by atoms with Gasteiger partial charge in [0.05, 0.1) is 7.11 Å².